The molecule has 0 saturated heterocycles. The highest BCUT2D eigenvalue weighted by Gasteiger charge is 2.33. The van der Waals surface area contributed by atoms with Gasteiger partial charge in [-0.15, -0.1) is 0 Å². The van der Waals surface area contributed by atoms with Gasteiger partial charge < -0.3 is 10.5 Å². The van der Waals surface area contributed by atoms with E-state index in [4.69, 9.17) is 22.1 Å². The molecule has 2 aromatic rings. The van der Waals surface area contributed by atoms with Crippen LogP contribution < -0.4 is 10.5 Å². The number of nitrogens with two attached hydrogens (primary N) is 1. The van der Waals surface area contributed by atoms with E-state index in [-0.39, 0.29) is 10.8 Å². The van der Waals surface area contributed by atoms with Crippen LogP contribution in [0.2, 0.25) is 5.02 Å². The third-order valence-electron chi connectivity index (χ3n) is 2.12. The Bertz CT molecular complexity index is 648. The predicted molar refractivity (Wildman–Crippen MR) is 62.9 cm³/mol. The quantitative estimate of drug-likeness (QED) is 0.860. The molecule has 0 aliphatic carbocycles. The van der Waals surface area contributed by atoms with Gasteiger partial charge in [-0.05, 0) is 12.1 Å². The number of nitrogens with zero attached hydrogens (tertiary/aromatic N) is 2. The lowest BCUT2D eigenvalue weighted by Gasteiger charge is -2.09. The lowest BCUT2D eigenvalue weighted by Crippen LogP contribution is -2.11. The van der Waals surface area contributed by atoms with Gasteiger partial charge in [-0.1, -0.05) is 11.6 Å². The van der Waals surface area contributed by atoms with Crippen molar-refractivity contribution in [2.45, 2.75) is 6.18 Å². The zero-order valence-electron chi connectivity index (χ0n) is 9.58. The number of benzene rings is 1. The highest BCUT2D eigenvalue weighted by atomic mass is 35.5. The van der Waals surface area contributed by atoms with Crippen LogP contribution in [-0.2, 0) is 6.18 Å². The topological polar surface area (TPSA) is 61.0 Å². The molecular formula is C11H6ClF4N3O. The second-order valence-corrected chi connectivity index (χ2v) is 4.03. The molecule has 1 heterocycles. The van der Waals surface area contributed by atoms with Crippen molar-refractivity contribution in [2.24, 2.45) is 0 Å². The van der Waals surface area contributed by atoms with E-state index in [1.54, 1.807) is 0 Å². The largest absolute Gasteiger partial charge is 0.439 e. The van der Waals surface area contributed by atoms with Gasteiger partial charge in [0, 0.05) is 12.1 Å². The molecule has 1 aromatic carbocycles. The van der Waals surface area contributed by atoms with Crippen LogP contribution in [0.3, 0.4) is 0 Å². The summed E-state index contributed by atoms with van der Waals surface area (Å²) in [5.41, 5.74) is 3.91. The van der Waals surface area contributed by atoms with E-state index in [1.807, 2.05) is 0 Å². The van der Waals surface area contributed by atoms with Crippen LogP contribution in [-0.4, -0.2) is 9.97 Å². The van der Waals surface area contributed by atoms with Gasteiger partial charge >= 0.3 is 6.18 Å². The number of aromatic nitrogens is 2. The average molecular weight is 308 g/mol. The smallest absolute Gasteiger partial charge is 0.433 e. The van der Waals surface area contributed by atoms with Crippen molar-refractivity contribution in [1.82, 2.24) is 9.97 Å². The molecule has 0 radical (unpaired) electrons. The summed E-state index contributed by atoms with van der Waals surface area (Å²) >= 11 is 5.47. The molecule has 0 atom stereocenters. The third kappa shape index (κ3) is 3.27. The maximum absolute atomic E-state index is 13.2. The second kappa shape index (κ2) is 5.12. The maximum Gasteiger partial charge on any atom is 0.433 e. The van der Waals surface area contributed by atoms with E-state index in [1.165, 1.54) is 12.1 Å². The molecule has 0 unspecified atom stereocenters. The molecule has 0 aliphatic heterocycles. The van der Waals surface area contributed by atoms with Crippen molar-refractivity contribution >= 4 is 17.5 Å². The lowest BCUT2D eigenvalue weighted by molar-refractivity contribution is -0.141. The van der Waals surface area contributed by atoms with Crippen molar-refractivity contribution in [3.63, 3.8) is 0 Å². The Hall–Kier alpha value is -2.09. The summed E-state index contributed by atoms with van der Waals surface area (Å²) in [6, 6.07) is 3.94. The molecule has 106 valence electrons. The van der Waals surface area contributed by atoms with Crippen LogP contribution in [0.15, 0.2) is 24.3 Å². The van der Waals surface area contributed by atoms with Crippen LogP contribution in [0.25, 0.3) is 0 Å². The van der Waals surface area contributed by atoms with Crippen LogP contribution in [0.4, 0.5) is 23.5 Å². The number of alkyl halides is 3. The Labute approximate surface area is 115 Å². The van der Waals surface area contributed by atoms with Gasteiger partial charge in [0.05, 0.1) is 5.02 Å². The number of anilines is 1. The Morgan fingerprint density at radius 2 is 1.85 bits per heavy atom. The lowest BCUT2D eigenvalue weighted by atomic mass is 10.3. The first kappa shape index (κ1) is 14.3. The first-order chi connectivity index (χ1) is 9.25. The molecule has 0 bridgehead atoms. The summed E-state index contributed by atoms with van der Waals surface area (Å²) in [5.74, 6) is -1.91. The minimum absolute atomic E-state index is 0.0712. The maximum atomic E-state index is 13.2. The molecule has 20 heavy (non-hydrogen) atoms. The molecule has 0 spiro atoms. The first-order valence-corrected chi connectivity index (χ1v) is 5.48. The summed E-state index contributed by atoms with van der Waals surface area (Å²) in [6.07, 6.45) is -4.69. The average Bonchev–Trinajstić information content (AvgIpc) is 2.32. The second-order valence-electron chi connectivity index (χ2n) is 3.63. The van der Waals surface area contributed by atoms with E-state index in [9.17, 15) is 17.6 Å². The first-order valence-electron chi connectivity index (χ1n) is 5.10. The van der Waals surface area contributed by atoms with Crippen LogP contribution in [0.1, 0.15) is 5.69 Å². The van der Waals surface area contributed by atoms with Gasteiger partial charge in [0.15, 0.2) is 5.69 Å². The fourth-order valence-electron chi connectivity index (χ4n) is 1.30. The van der Waals surface area contributed by atoms with E-state index in [0.717, 1.165) is 6.07 Å². The summed E-state index contributed by atoms with van der Waals surface area (Å²) in [6.45, 7) is 0. The number of rotatable bonds is 2. The van der Waals surface area contributed by atoms with Crippen molar-refractivity contribution < 1.29 is 22.3 Å². The molecule has 0 aliphatic rings. The molecule has 4 nitrogen and oxygen atoms in total. The summed E-state index contributed by atoms with van der Waals surface area (Å²) in [4.78, 5) is 6.53. The van der Waals surface area contributed by atoms with E-state index in [0.29, 0.717) is 6.07 Å². The molecule has 1 aromatic heterocycles. The molecular weight excluding hydrogens is 302 g/mol. The molecule has 0 amide bonds. The molecule has 0 fully saturated rings. The highest BCUT2D eigenvalue weighted by molar-refractivity contribution is 6.30. The Balaban J connectivity index is 2.33. The molecule has 0 saturated carbocycles. The zero-order chi connectivity index (χ0) is 14.9. The van der Waals surface area contributed by atoms with Crippen LogP contribution in [0.5, 0.6) is 11.6 Å². The summed E-state index contributed by atoms with van der Waals surface area (Å²) in [5, 5.41) is -0.143. The molecule has 2 N–H and O–H groups in total. The predicted octanol–water partition coefficient (Wildman–Crippen LogP) is 3.66. The Kier molecular flexibility index (Phi) is 3.67. The van der Waals surface area contributed by atoms with Crippen molar-refractivity contribution in [2.75, 3.05) is 5.73 Å². The van der Waals surface area contributed by atoms with Gasteiger partial charge in [-0.3, -0.25) is 0 Å². The third-order valence-corrected chi connectivity index (χ3v) is 2.43. The fraction of sp³-hybridized carbons (Fsp3) is 0.0909. The van der Waals surface area contributed by atoms with Crippen molar-refractivity contribution in [1.29, 1.82) is 0 Å². The molecule has 9 heteroatoms. The minimum Gasteiger partial charge on any atom is -0.439 e. The molecule has 2 rings (SSSR count). The van der Waals surface area contributed by atoms with Gasteiger partial charge in [0.25, 0.3) is 0 Å². The Morgan fingerprint density at radius 1 is 1.15 bits per heavy atom. The van der Waals surface area contributed by atoms with Crippen LogP contribution in [0, 0.1) is 5.82 Å². The van der Waals surface area contributed by atoms with Crippen molar-refractivity contribution in [3.05, 3.63) is 40.8 Å². The van der Waals surface area contributed by atoms with E-state index >= 15 is 0 Å². The SMILES string of the molecule is Nc1nc(Oc2ccc(Cl)c(F)c2)cc(C(F)(F)F)n1. The van der Waals surface area contributed by atoms with Gasteiger partial charge in [-0.2, -0.15) is 18.2 Å². The normalized spacial score (nSPS) is 11.4. The van der Waals surface area contributed by atoms with Crippen LogP contribution >= 0.6 is 11.6 Å². The fourth-order valence-corrected chi connectivity index (χ4v) is 1.42. The number of halogens is 5. The number of hydrogen-bond acceptors (Lipinski definition) is 4. The number of ether oxygens (including phenoxy) is 1. The van der Waals surface area contributed by atoms with E-state index < -0.39 is 29.5 Å². The standard InChI is InChI=1S/C11H6ClF4N3O/c12-6-2-1-5(3-7(6)13)20-9-4-8(11(14,15)16)18-10(17)19-9/h1-4H,(H2,17,18,19). The summed E-state index contributed by atoms with van der Waals surface area (Å²) in [7, 11) is 0. The van der Waals surface area contributed by atoms with E-state index in [2.05, 4.69) is 9.97 Å². The van der Waals surface area contributed by atoms with Gasteiger partial charge in [-0.25, -0.2) is 9.37 Å². The van der Waals surface area contributed by atoms with Gasteiger partial charge in [0.1, 0.15) is 11.6 Å². The van der Waals surface area contributed by atoms with Crippen molar-refractivity contribution in [3.8, 4) is 11.6 Å². The minimum atomic E-state index is -4.69. The highest BCUT2D eigenvalue weighted by Crippen LogP contribution is 2.31. The monoisotopic (exact) mass is 307 g/mol. The number of hydrogen-bond donors (Lipinski definition) is 1. The van der Waals surface area contributed by atoms with Gasteiger partial charge in [0.2, 0.25) is 11.8 Å². The summed E-state index contributed by atoms with van der Waals surface area (Å²) < 4.78 is 55.8. The Morgan fingerprint density at radius 3 is 2.45 bits per heavy atom. The number of nitrogen functional groups attached to an aromatic ring is 1. The zero-order valence-corrected chi connectivity index (χ0v) is 10.3.